The molecule has 0 radical (unpaired) electrons. The number of nitrogens with zero attached hydrogens (tertiary/aromatic N) is 1. The van der Waals surface area contributed by atoms with Crippen LogP contribution in [0.15, 0.2) is 48.8 Å². The highest BCUT2D eigenvalue weighted by molar-refractivity contribution is 6.05. The van der Waals surface area contributed by atoms with Gasteiger partial charge < -0.3 is 15.8 Å². The number of anilines is 1. The van der Waals surface area contributed by atoms with Crippen LogP contribution in [0.25, 0.3) is 11.1 Å². The molecule has 0 saturated heterocycles. The topological polar surface area (TPSA) is 77.2 Å². The summed E-state index contributed by atoms with van der Waals surface area (Å²) in [5.41, 5.74) is 3.45. The summed E-state index contributed by atoms with van der Waals surface area (Å²) in [5.74, 6) is -5.55. The van der Waals surface area contributed by atoms with Crippen molar-refractivity contribution in [3.63, 3.8) is 0 Å². The van der Waals surface area contributed by atoms with E-state index >= 15 is 4.39 Å². The third-order valence-electron chi connectivity index (χ3n) is 5.96. The number of amides is 1. The molecule has 3 N–H and O–H groups in total. The molecule has 1 aliphatic rings. The SMILES string of the molecule is NCC1(COc2ccncc2NC(=O)c2ccc(F)c(-c3c(F)cccc3F)c2F)CCC1. The summed E-state index contributed by atoms with van der Waals surface area (Å²) in [4.78, 5) is 16.8. The van der Waals surface area contributed by atoms with Gasteiger partial charge in [0.15, 0.2) is 0 Å². The van der Waals surface area contributed by atoms with Crippen LogP contribution < -0.4 is 15.8 Å². The number of benzene rings is 2. The number of ether oxygens (including phenoxy) is 1. The van der Waals surface area contributed by atoms with Gasteiger partial charge in [-0.3, -0.25) is 9.78 Å². The Morgan fingerprint density at radius 2 is 1.73 bits per heavy atom. The van der Waals surface area contributed by atoms with Gasteiger partial charge in [0.2, 0.25) is 0 Å². The first-order valence-electron chi connectivity index (χ1n) is 10.4. The van der Waals surface area contributed by atoms with Gasteiger partial charge >= 0.3 is 0 Å². The van der Waals surface area contributed by atoms with E-state index in [1.165, 1.54) is 12.4 Å². The van der Waals surface area contributed by atoms with Crippen LogP contribution in [0, 0.1) is 28.7 Å². The quantitative estimate of drug-likeness (QED) is 0.484. The van der Waals surface area contributed by atoms with Gasteiger partial charge in [0.25, 0.3) is 5.91 Å². The van der Waals surface area contributed by atoms with E-state index < -0.39 is 45.9 Å². The summed E-state index contributed by atoms with van der Waals surface area (Å²) in [6.45, 7) is 0.813. The van der Waals surface area contributed by atoms with Crippen LogP contribution >= 0.6 is 0 Å². The zero-order chi connectivity index (χ0) is 23.6. The van der Waals surface area contributed by atoms with Crippen molar-refractivity contribution in [3.8, 4) is 16.9 Å². The summed E-state index contributed by atoms with van der Waals surface area (Å²) in [5, 5.41) is 2.48. The Hall–Kier alpha value is -3.46. The zero-order valence-electron chi connectivity index (χ0n) is 17.5. The van der Waals surface area contributed by atoms with Crippen molar-refractivity contribution in [3.05, 3.63) is 77.6 Å². The maximum absolute atomic E-state index is 15.1. The molecule has 2 aromatic carbocycles. The minimum atomic E-state index is -1.39. The van der Waals surface area contributed by atoms with Crippen molar-refractivity contribution in [1.82, 2.24) is 4.98 Å². The predicted molar refractivity (Wildman–Crippen MR) is 115 cm³/mol. The first kappa shape index (κ1) is 22.7. The van der Waals surface area contributed by atoms with Crippen LogP contribution in [0.2, 0.25) is 0 Å². The van der Waals surface area contributed by atoms with E-state index in [9.17, 15) is 18.0 Å². The molecule has 4 rings (SSSR count). The number of nitrogens with one attached hydrogen (secondary N) is 1. The number of hydrogen-bond acceptors (Lipinski definition) is 4. The Morgan fingerprint density at radius 1 is 1.03 bits per heavy atom. The van der Waals surface area contributed by atoms with Gasteiger partial charge in [0, 0.05) is 24.2 Å². The molecule has 0 atom stereocenters. The first-order chi connectivity index (χ1) is 15.8. The highest BCUT2D eigenvalue weighted by Gasteiger charge is 2.36. The average molecular weight is 459 g/mol. The largest absolute Gasteiger partial charge is 0.491 e. The third-order valence-corrected chi connectivity index (χ3v) is 5.96. The summed E-state index contributed by atoms with van der Waals surface area (Å²) in [7, 11) is 0. The average Bonchev–Trinajstić information content (AvgIpc) is 2.76. The van der Waals surface area contributed by atoms with Gasteiger partial charge in [-0.25, -0.2) is 17.6 Å². The highest BCUT2D eigenvalue weighted by atomic mass is 19.1. The normalized spacial score (nSPS) is 14.5. The van der Waals surface area contributed by atoms with Crippen LogP contribution in [0.3, 0.4) is 0 Å². The number of pyridine rings is 1. The van der Waals surface area contributed by atoms with Crippen LogP contribution in [-0.2, 0) is 0 Å². The summed E-state index contributed by atoms with van der Waals surface area (Å²) < 4.78 is 63.7. The predicted octanol–water partition coefficient (Wildman–Crippen LogP) is 5.07. The number of carbonyl (C=O) groups excluding carboxylic acids is 1. The molecular formula is C24H21F4N3O2. The third kappa shape index (κ3) is 4.41. The maximum Gasteiger partial charge on any atom is 0.258 e. The number of hydrogen-bond donors (Lipinski definition) is 2. The number of rotatable bonds is 7. The van der Waals surface area contributed by atoms with Gasteiger partial charge in [-0.2, -0.15) is 0 Å². The minimum Gasteiger partial charge on any atom is -0.491 e. The van der Waals surface area contributed by atoms with Crippen molar-refractivity contribution in [1.29, 1.82) is 0 Å². The molecule has 0 bridgehead atoms. The molecule has 0 spiro atoms. The second-order valence-corrected chi connectivity index (χ2v) is 8.05. The summed E-state index contributed by atoms with van der Waals surface area (Å²) in [6, 6.07) is 6.04. The molecule has 1 heterocycles. The van der Waals surface area contributed by atoms with E-state index in [0.29, 0.717) is 18.9 Å². The first-order valence-corrected chi connectivity index (χ1v) is 10.4. The molecular weight excluding hydrogens is 438 g/mol. The fraction of sp³-hybridized carbons (Fsp3) is 0.250. The molecule has 0 unspecified atom stereocenters. The highest BCUT2D eigenvalue weighted by Crippen LogP contribution is 2.41. The molecule has 33 heavy (non-hydrogen) atoms. The Labute approximate surface area is 187 Å². The maximum atomic E-state index is 15.1. The van der Waals surface area contributed by atoms with E-state index in [0.717, 1.165) is 49.6 Å². The van der Waals surface area contributed by atoms with Gasteiger partial charge in [-0.05, 0) is 37.1 Å². The van der Waals surface area contributed by atoms with Crippen molar-refractivity contribution >= 4 is 11.6 Å². The second kappa shape index (κ2) is 9.19. The smallest absolute Gasteiger partial charge is 0.258 e. The fourth-order valence-electron chi connectivity index (χ4n) is 3.80. The van der Waals surface area contributed by atoms with E-state index in [1.54, 1.807) is 6.07 Å². The molecule has 5 nitrogen and oxygen atoms in total. The van der Waals surface area contributed by atoms with Crippen LogP contribution in [-0.4, -0.2) is 24.0 Å². The lowest BCUT2D eigenvalue weighted by molar-refractivity contribution is 0.0670. The molecule has 172 valence electrons. The number of carbonyl (C=O) groups is 1. The Balaban J connectivity index is 1.62. The van der Waals surface area contributed by atoms with E-state index in [1.807, 2.05) is 0 Å². The van der Waals surface area contributed by atoms with E-state index in [4.69, 9.17) is 10.5 Å². The Bertz CT molecular complexity index is 1170. The lowest BCUT2D eigenvalue weighted by Crippen LogP contribution is -2.42. The lowest BCUT2D eigenvalue weighted by atomic mass is 9.69. The fourth-order valence-corrected chi connectivity index (χ4v) is 3.80. The van der Waals surface area contributed by atoms with Crippen molar-refractivity contribution in [2.75, 3.05) is 18.5 Å². The van der Waals surface area contributed by atoms with Crippen LogP contribution in [0.4, 0.5) is 23.2 Å². The number of nitrogens with two attached hydrogens (primary N) is 1. The van der Waals surface area contributed by atoms with Crippen LogP contribution in [0.5, 0.6) is 5.75 Å². The van der Waals surface area contributed by atoms with E-state index in [-0.39, 0.29) is 11.1 Å². The van der Waals surface area contributed by atoms with Gasteiger partial charge in [-0.1, -0.05) is 12.5 Å². The molecule has 1 aliphatic carbocycles. The lowest BCUT2D eigenvalue weighted by Gasteiger charge is -2.40. The molecule has 9 heteroatoms. The van der Waals surface area contributed by atoms with Crippen molar-refractivity contribution in [2.45, 2.75) is 19.3 Å². The molecule has 1 saturated carbocycles. The summed E-state index contributed by atoms with van der Waals surface area (Å²) in [6.07, 6.45) is 5.73. The summed E-state index contributed by atoms with van der Waals surface area (Å²) >= 11 is 0. The van der Waals surface area contributed by atoms with Gasteiger partial charge in [-0.15, -0.1) is 0 Å². The molecule has 1 aromatic heterocycles. The minimum absolute atomic E-state index is 0.119. The van der Waals surface area contributed by atoms with Crippen molar-refractivity contribution < 1.29 is 27.1 Å². The van der Waals surface area contributed by atoms with Gasteiger partial charge in [0.05, 0.1) is 29.5 Å². The zero-order valence-corrected chi connectivity index (χ0v) is 17.5. The van der Waals surface area contributed by atoms with Crippen molar-refractivity contribution in [2.24, 2.45) is 11.1 Å². The Morgan fingerprint density at radius 3 is 2.36 bits per heavy atom. The van der Waals surface area contributed by atoms with Crippen LogP contribution in [0.1, 0.15) is 29.6 Å². The molecule has 0 aliphatic heterocycles. The number of aromatic nitrogens is 1. The molecule has 1 amide bonds. The van der Waals surface area contributed by atoms with Gasteiger partial charge in [0.1, 0.15) is 34.7 Å². The second-order valence-electron chi connectivity index (χ2n) is 8.05. The monoisotopic (exact) mass is 459 g/mol. The molecule has 3 aromatic rings. The number of halogens is 4. The van der Waals surface area contributed by atoms with E-state index in [2.05, 4.69) is 10.3 Å². The molecule has 1 fully saturated rings. The Kier molecular flexibility index (Phi) is 6.33. The standard InChI is InChI=1S/C24H21F4N3O2/c25-15-3-1-4-16(26)20(15)21-17(27)6-5-14(22(21)28)23(32)31-18-11-30-10-7-19(18)33-13-24(12-29)8-2-9-24/h1,3-7,10-11H,2,8-9,12-13,29H2,(H,31,32).